The molecule has 0 radical (unpaired) electrons. The molecule has 0 saturated carbocycles. The van der Waals surface area contributed by atoms with Crippen molar-refractivity contribution in [2.75, 3.05) is 19.8 Å². The maximum atomic E-state index is 11.7. The Bertz CT molecular complexity index is 475. The Morgan fingerprint density at radius 3 is 2.80 bits per heavy atom. The molecular weight excluding hydrogens is 252 g/mol. The smallest absolute Gasteiger partial charge is 0.318 e. The summed E-state index contributed by atoms with van der Waals surface area (Å²) in [6.07, 6.45) is 4.48. The molecule has 108 valence electrons. The average Bonchev–Trinajstić information content (AvgIpc) is 2.48. The lowest BCUT2D eigenvalue weighted by atomic mass is 10.1. The van der Waals surface area contributed by atoms with Crippen LogP contribution in [0.3, 0.4) is 0 Å². The first-order valence-electron chi connectivity index (χ1n) is 7.10. The van der Waals surface area contributed by atoms with Crippen molar-refractivity contribution in [3.8, 4) is 0 Å². The van der Waals surface area contributed by atoms with Crippen molar-refractivity contribution in [1.82, 2.24) is 10.6 Å². The topological polar surface area (TPSA) is 50.4 Å². The molecule has 1 aliphatic rings. The fourth-order valence-electron chi connectivity index (χ4n) is 2.20. The lowest BCUT2D eigenvalue weighted by Gasteiger charge is -2.14. The molecule has 1 aliphatic heterocycles. The van der Waals surface area contributed by atoms with Crippen LogP contribution in [-0.2, 0) is 11.2 Å². The number of hydrogen-bond acceptors (Lipinski definition) is 2. The lowest BCUT2D eigenvalue weighted by molar-refractivity contribution is 0.119. The first-order chi connectivity index (χ1) is 9.75. The molecule has 1 fully saturated rings. The molecule has 0 aliphatic carbocycles. The predicted molar refractivity (Wildman–Crippen MR) is 79.6 cm³/mol. The van der Waals surface area contributed by atoms with E-state index >= 15 is 0 Å². The van der Waals surface area contributed by atoms with Crippen LogP contribution in [0.1, 0.15) is 24.0 Å². The third kappa shape index (κ3) is 4.70. The van der Waals surface area contributed by atoms with Gasteiger partial charge in [0.2, 0.25) is 0 Å². The predicted octanol–water partition coefficient (Wildman–Crippen LogP) is 2.53. The molecule has 4 heteroatoms. The summed E-state index contributed by atoms with van der Waals surface area (Å²) in [4.78, 5) is 11.7. The van der Waals surface area contributed by atoms with Gasteiger partial charge in [0.1, 0.15) is 0 Å². The number of benzene rings is 1. The molecule has 2 rings (SSSR count). The molecule has 1 aromatic carbocycles. The Morgan fingerprint density at radius 1 is 1.30 bits per heavy atom. The molecule has 0 unspecified atom stereocenters. The number of ether oxygens (including phenoxy) is 1. The molecule has 2 amide bonds. The molecule has 20 heavy (non-hydrogen) atoms. The third-order valence-corrected chi connectivity index (χ3v) is 3.48. The van der Waals surface area contributed by atoms with Crippen molar-refractivity contribution in [2.24, 2.45) is 0 Å². The van der Waals surface area contributed by atoms with E-state index < -0.39 is 0 Å². The van der Waals surface area contributed by atoms with Gasteiger partial charge in [0.25, 0.3) is 0 Å². The Morgan fingerprint density at radius 2 is 2.05 bits per heavy atom. The Balaban J connectivity index is 1.69. The Hall–Kier alpha value is -1.81. The highest BCUT2D eigenvalue weighted by molar-refractivity contribution is 5.74. The van der Waals surface area contributed by atoms with E-state index in [-0.39, 0.29) is 6.03 Å². The second kappa shape index (κ2) is 7.70. The maximum absolute atomic E-state index is 11.7. The second-order valence-corrected chi connectivity index (χ2v) is 4.99. The monoisotopic (exact) mass is 274 g/mol. The number of nitrogens with one attached hydrogen (secondary N) is 2. The van der Waals surface area contributed by atoms with Crippen LogP contribution < -0.4 is 10.6 Å². The number of rotatable bonds is 4. The summed E-state index contributed by atoms with van der Waals surface area (Å²) in [6, 6.07) is 8.10. The van der Waals surface area contributed by atoms with Crippen LogP contribution in [0.5, 0.6) is 0 Å². The fourth-order valence-corrected chi connectivity index (χ4v) is 2.20. The van der Waals surface area contributed by atoms with Gasteiger partial charge in [-0.15, -0.1) is 0 Å². The quantitative estimate of drug-likeness (QED) is 0.886. The van der Waals surface area contributed by atoms with Crippen molar-refractivity contribution < 1.29 is 9.53 Å². The van der Waals surface area contributed by atoms with Crippen molar-refractivity contribution >= 4 is 6.03 Å². The second-order valence-electron chi connectivity index (χ2n) is 4.99. The summed E-state index contributed by atoms with van der Waals surface area (Å²) >= 11 is 0. The zero-order valence-corrected chi connectivity index (χ0v) is 11.9. The number of carbonyl (C=O) groups is 1. The minimum atomic E-state index is -0.141. The van der Waals surface area contributed by atoms with Crippen molar-refractivity contribution in [2.45, 2.75) is 26.2 Å². The van der Waals surface area contributed by atoms with Gasteiger partial charge in [-0.05, 0) is 42.9 Å². The van der Waals surface area contributed by atoms with Crippen LogP contribution in [0.25, 0.3) is 0 Å². The van der Waals surface area contributed by atoms with E-state index in [0.717, 1.165) is 32.5 Å². The van der Waals surface area contributed by atoms with Crippen molar-refractivity contribution in [1.29, 1.82) is 0 Å². The van der Waals surface area contributed by atoms with Gasteiger partial charge < -0.3 is 15.4 Å². The number of aryl methyl sites for hydroxylation is 1. The van der Waals surface area contributed by atoms with Crippen LogP contribution in [0, 0.1) is 6.92 Å². The van der Waals surface area contributed by atoms with E-state index in [0.29, 0.717) is 6.54 Å². The molecule has 0 atom stereocenters. The summed E-state index contributed by atoms with van der Waals surface area (Å²) in [7, 11) is 0. The minimum absolute atomic E-state index is 0.141. The number of carbonyl (C=O) groups excluding carboxylic acids is 1. The van der Waals surface area contributed by atoms with Crippen LogP contribution >= 0.6 is 0 Å². The molecule has 0 aromatic heterocycles. The third-order valence-electron chi connectivity index (χ3n) is 3.48. The molecule has 1 aromatic rings. The standard InChI is InChI=1S/C16H22N2O2/c1-13-4-2-3-5-15(13)6-9-17-16(19)18-12-14-7-10-20-11-8-14/h2-5,12H,6-11H2,1H3,(H2,17,18,19). The van der Waals surface area contributed by atoms with Crippen molar-refractivity contribution in [3.63, 3.8) is 0 Å². The van der Waals surface area contributed by atoms with E-state index in [2.05, 4.69) is 29.7 Å². The van der Waals surface area contributed by atoms with Crippen LogP contribution in [-0.4, -0.2) is 25.8 Å². The summed E-state index contributed by atoms with van der Waals surface area (Å²) in [6.45, 7) is 4.23. The van der Waals surface area contributed by atoms with Gasteiger partial charge in [0, 0.05) is 12.7 Å². The molecule has 4 nitrogen and oxygen atoms in total. The number of urea groups is 1. The maximum Gasteiger partial charge on any atom is 0.318 e. The van der Waals surface area contributed by atoms with Gasteiger partial charge in [-0.25, -0.2) is 4.79 Å². The summed E-state index contributed by atoms with van der Waals surface area (Å²) < 4.78 is 5.26. The highest BCUT2D eigenvalue weighted by Gasteiger charge is 2.06. The molecule has 1 heterocycles. The zero-order valence-electron chi connectivity index (χ0n) is 11.9. The van der Waals surface area contributed by atoms with Gasteiger partial charge in [0.15, 0.2) is 0 Å². The normalized spacial score (nSPS) is 14.8. The minimum Gasteiger partial charge on any atom is -0.381 e. The zero-order chi connectivity index (χ0) is 14.2. The number of amides is 2. The van der Waals surface area contributed by atoms with Gasteiger partial charge in [0.05, 0.1) is 13.2 Å². The molecule has 1 saturated heterocycles. The molecule has 0 spiro atoms. The lowest BCUT2D eigenvalue weighted by Crippen LogP contribution is -2.34. The highest BCUT2D eigenvalue weighted by atomic mass is 16.5. The SMILES string of the molecule is Cc1ccccc1CCNC(=O)NC=C1CCOCC1. The molecular formula is C16H22N2O2. The van der Waals surface area contributed by atoms with Gasteiger partial charge in [-0.1, -0.05) is 24.3 Å². The molecule has 2 N–H and O–H groups in total. The largest absolute Gasteiger partial charge is 0.381 e. The highest BCUT2D eigenvalue weighted by Crippen LogP contribution is 2.11. The van der Waals surface area contributed by atoms with Gasteiger partial charge >= 0.3 is 6.03 Å². The van der Waals surface area contributed by atoms with E-state index in [1.54, 1.807) is 0 Å². The molecule has 0 bridgehead atoms. The van der Waals surface area contributed by atoms with E-state index in [4.69, 9.17) is 4.74 Å². The van der Waals surface area contributed by atoms with Crippen LogP contribution in [0.2, 0.25) is 0 Å². The summed E-state index contributed by atoms with van der Waals surface area (Å²) in [5.74, 6) is 0. The van der Waals surface area contributed by atoms with Crippen LogP contribution in [0.4, 0.5) is 4.79 Å². The van der Waals surface area contributed by atoms with E-state index in [1.165, 1.54) is 16.7 Å². The van der Waals surface area contributed by atoms with E-state index in [1.807, 2.05) is 18.3 Å². The number of hydrogen-bond donors (Lipinski definition) is 2. The average molecular weight is 274 g/mol. The Kier molecular flexibility index (Phi) is 5.62. The van der Waals surface area contributed by atoms with Gasteiger partial charge in [-0.2, -0.15) is 0 Å². The Labute approximate surface area is 120 Å². The van der Waals surface area contributed by atoms with Crippen molar-refractivity contribution in [3.05, 3.63) is 47.2 Å². The summed E-state index contributed by atoms with van der Waals surface area (Å²) in [5, 5.41) is 5.66. The van der Waals surface area contributed by atoms with Gasteiger partial charge in [-0.3, -0.25) is 0 Å². The fraction of sp³-hybridized carbons (Fsp3) is 0.438. The van der Waals surface area contributed by atoms with Crippen LogP contribution in [0.15, 0.2) is 36.0 Å². The first-order valence-corrected chi connectivity index (χ1v) is 7.10. The van der Waals surface area contributed by atoms with E-state index in [9.17, 15) is 4.79 Å². The summed E-state index contributed by atoms with van der Waals surface area (Å²) in [5.41, 5.74) is 3.78. The first kappa shape index (κ1) is 14.6.